The van der Waals surface area contributed by atoms with Crippen molar-refractivity contribution in [3.8, 4) is 17.2 Å². The highest BCUT2D eigenvalue weighted by Crippen LogP contribution is 2.28. The van der Waals surface area contributed by atoms with Crippen LogP contribution in [0.4, 0.5) is 5.69 Å². The Labute approximate surface area is 167 Å². The fraction of sp³-hybridized carbons (Fsp3) is 0.409. The first kappa shape index (κ1) is 21.6. The standard InChI is InChI=1S/C22H30N2O4/c1-6-27-19-11-9-18(10-12-19)23-22(25)16(3)24(4)15-17-8-13-20(28-7-2)21(14-17)26-5/h8-14,16H,6-7,15H2,1-5H3,(H,23,25)/t16-/m1/s1. The Bertz CT molecular complexity index is 762. The third-order valence-corrected chi connectivity index (χ3v) is 4.43. The first-order valence-corrected chi connectivity index (χ1v) is 9.52. The number of carbonyl (C=O) groups excluding carboxylic acids is 1. The Morgan fingerprint density at radius 2 is 1.71 bits per heavy atom. The molecule has 0 aliphatic rings. The first-order chi connectivity index (χ1) is 13.5. The number of nitrogens with zero attached hydrogens (tertiary/aromatic N) is 1. The van der Waals surface area contributed by atoms with E-state index in [0.717, 1.165) is 22.7 Å². The summed E-state index contributed by atoms with van der Waals surface area (Å²) < 4.78 is 16.4. The number of benzene rings is 2. The molecule has 2 aromatic carbocycles. The van der Waals surface area contributed by atoms with E-state index in [9.17, 15) is 4.79 Å². The second-order valence-electron chi connectivity index (χ2n) is 6.46. The maximum absolute atomic E-state index is 12.6. The van der Waals surface area contributed by atoms with Gasteiger partial charge in [-0.05, 0) is 69.8 Å². The number of anilines is 1. The lowest BCUT2D eigenvalue weighted by Crippen LogP contribution is -2.39. The second kappa shape index (κ2) is 10.6. The first-order valence-electron chi connectivity index (χ1n) is 9.52. The molecular weight excluding hydrogens is 356 g/mol. The largest absolute Gasteiger partial charge is 0.494 e. The minimum atomic E-state index is -0.302. The van der Waals surface area contributed by atoms with Crippen LogP contribution in [0.15, 0.2) is 42.5 Å². The van der Waals surface area contributed by atoms with Crippen LogP contribution in [0.5, 0.6) is 17.2 Å². The molecule has 1 amide bonds. The molecule has 0 aromatic heterocycles. The van der Waals surface area contributed by atoms with Gasteiger partial charge in [0.05, 0.1) is 26.4 Å². The maximum Gasteiger partial charge on any atom is 0.241 e. The van der Waals surface area contributed by atoms with Crippen LogP contribution in [0.2, 0.25) is 0 Å². The molecule has 0 saturated carbocycles. The van der Waals surface area contributed by atoms with Gasteiger partial charge in [0.15, 0.2) is 11.5 Å². The SMILES string of the molecule is CCOc1ccc(NC(=O)[C@@H](C)N(C)Cc2ccc(OCC)c(OC)c2)cc1. The summed E-state index contributed by atoms with van der Waals surface area (Å²) in [4.78, 5) is 14.6. The Hall–Kier alpha value is -2.73. The highest BCUT2D eigenvalue weighted by molar-refractivity contribution is 5.94. The van der Waals surface area contributed by atoms with Gasteiger partial charge < -0.3 is 19.5 Å². The van der Waals surface area contributed by atoms with Crippen LogP contribution in [-0.4, -0.2) is 44.2 Å². The zero-order valence-electron chi connectivity index (χ0n) is 17.3. The number of rotatable bonds is 10. The zero-order valence-corrected chi connectivity index (χ0v) is 17.3. The van der Waals surface area contributed by atoms with E-state index < -0.39 is 0 Å². The van der Waals surface area contributed by atoms with Crippen LogP contribution < -0.4 is 19.5 Å². The van der Waals surface area contributed by atoms with Crippen LogP contribution in [0, 0.1) is 0 Å². The van der Waals surface area contributed by atoms with E-state index in [1.165, 1.54) is 0 Å². The third kappa shape index (κ3) is 5.89. The average molecular weight is 386 g/mol. The smallest absolute Gasteiger partial charge is 0.241 e. The summed E-state index contributed by atoms with van der Waals surface area (Å²) in [5.41, 5.74) is 1.79. The molecule has 152 valence electrons. The van der Waals surface area contributed by atoms with Crippen molar-refractivity contribution in [3.05, 3.63) is 48.0 Å². The van der Waals surface area contributed by atoms with Crippen LogP contribution >= 0.6 is 0 Å². The van der Waals surface area contributed by atoms with Gasteiger partial charge in [-0.1, -0.05) is 6.07 Å². The van der Waals surface area contributed by atoms with Gasteiger partial charge in [0, 0.05) is 12.2 Å². The van der Waals surface area contributed by atoms with Crippen molar-refractivity contribution in [3.63, 3.8) is 0 Å². The number of hydrogen-bond donors (Lipinski definition) is 1. The number of carbonyl (C=O) groups is 1. The molecule has 0 heterocycles. The molecule has 28 heavy (non-hydrogen) atoms. The van der Waals surface area contributed by atoms with Gasteiger partial charge in [-0.2, -0.15) is 0 Å². The molecule has 0 aliphatic carbocycles. The predicted molar refractivity (Wildman–Crippen MR) is 111 cm³/mol. The Kier molecular flexibility index (Phi) is 8.14. The highest BCUT2D eigenvalue weighted by atomic mass is 16.5. The lowest BCUT2D eigenvalue weighted by Gasteiger charge is -2.24. The van der Waals surface area contributed by atoms with E-state index >= 15 is 0 Å². The topological polar surface area (TPSA) is 60.0 Å². The van der Waals surface area contributed by atoms with E-state index in [1.807, 2.05) is 75.2 Å². The van der Waals surface area contributed by atoms with Crippen LogP contribution in [-0.2, 0) is 11.3 Å². The van der Waals surface area contributed by atoms with Crippen molar-refractivity contribution >= 4 is 11.6 Å². The fourth-order valence-corrected chi connectivity index (χ4v) is 2.76. The van der Waals surface area contributed by atoms with Crippen LogP contribution in [0.3, 0.4) is 0 Å². The molecule has 0 saturated heterocycles. The Morgan fingerprint density at radius 3 is 2.32 bits per heavy atom. The number of nitrogens with one attached hydrogen (secondary N) is 1. The molecule has 6 nitrogen and oxygen atoms in total. The van der Waals surface area contributed by atoms with Gasteiger partial charge in [0.2, 0.25) is 5.91 Å². The summed E-state index contributed by atoms with van der Waals surface area (Å²) in [5, 5.41) is 2.95. The minimum absolute atomic E-state index is 0.0652. The molecule has 0 fully saturated rings. The molecule has 0 radical (unpaired) electrons. The number of hydrogen-bond acceptors (Lipinski definition) is 5. The van der Waals surface area contributed by atoms with Crippen molar-refractivity contribution in [2.75, 3.05) is 32.7 Å². The van der Waals surface area contributed by atoms with Gasteiger partial charge in [0.1, 0.15) is 5.75 Å². The van der Waals surface area contributed by atoms with E-state index in [2.05, 4.69) is 5.32 Å². The van der Waals surface area contributed by atoms with Gasteiger partial charge >= 0.3 is 0 Å². The minimum Gasteiger partial charge on any atom is -0.494 e. The number of amides is 1. The van der Waals surface area contributed by atoms with E-state index in [1.54, 1.807) is 7.11 Å². The molecule has 0 spiro atoms. The van der Waals surface area contributed by atoms with E-state index in [0.29, 0.717) is 25.5 Å². The maximum atomic E-state index is 12.6. The molecule has 6 heteroatoms. The van der Waals surface area contributed by atoms with Crippen molar-refractivity contribution < 1.29 is 19.0 Å². The predicted octanol–water partition coefficient (Wildman–Crippen LogP) is 3.95. The average Bonchev–Trinajstić information content (AvgIpc) is 2.70. The van der Waals surface area contributed by atoms with Crippen molar-refractivity contribution in [2.45, 2.75) is 33.4 Å². The monoisotopic (exact) mass is 386 g/mol. The number of likely N-dealkylation sites (N-methyl/N-ethyl adjacent to an activating group) is 1. The molecule has 2 aromatic rings. The fourth-order valence-electron chi connectivity index (χ4n) is 2.76. The van der Waals surface area contributed by atoms with Gasteiger partial charge in [-0.3, -0.25) is 9.69 Å². The summed E-state index contributed by atoms with van der Waals surface area (Å²) >= 11 is 0. The summed E-state index contributed by atoms with van der Waals surface area (Å²) in [7, 11) is 3.55. The molecule has 2 rings (SSSR count). The lowest BCUT2D eigenvalue weighted by atomic mass is 10.1. The van der Waals surface area contributed by atoms with Gasteiger partial charge in [-0.15, -0.1) is 0 Å². The van der Waals surface area contributed by atoms with Crippen LogP contribution in [0.25, 0.3) is 0 Å². The summed E-state index contributed by atoms with van der Waals surface area (Å²) in [6, 6.07) is 12.9. The number of methoxy groups -OCH3 is 1. The second-order valence-corrected chi connectivity index (χ2v) is 6.46. The lowest BCUT2D eigenvalue weighted by molar-refractivity contribution is -0.120. The molecule has 0 unspecified atom stereocenters. The molecular formula is C22H30N2O4. The van der Waals surface area contributed by atoms with Crippen molar-refractivity contribution in [1.82, 2.24) is 4.90 Å². The van der Waals surface area contributed by atoms with Crippen LogP contribution in [0.1, 0.15) is 26.3 Å². The Balaban J connectivity index is 1.97. The van der Waals surface area contributed by atoms with E-state index in [4.69, 9.17) is 14.2 Å². The van der Waals surface area contributed by atoms with Gasteiger partial charge in [-0.25, -0.2) is 0 Å². The molecule has 1 atom stereocenters. The quantitative estimate of drug-likeness (QED) is 0.670. The third-order valence-electron chi connectivity index (χ3n) is 4.43. The molecule has 0 bridgehead atoms. The molecule has 0 aliphatic heterocycles. The highest BCUT2D eigenvalue weighted by Gasteiger charge is 2.19. The number of ether oxygens (including phenoxy) is 3. The molecule has 1 N–H and O–H groups in total. The summed E-state index contributed by atoms with van der Waals surface area (Å²) in [6.45, 7) is 7.57. The Morgan fingerprint density at radius 1 is 1.04 bits per heavy atom. The van der Waals surface area contributed by atoms with Crippen molar-refractivity contribution in [1.29, 1.82) is 0 Å². The van der Waals surface area contributed by atoms with Crippen molar-refractivity contribution in [2.24, 2.45) is 0 Å². The summed E-state index contributed by atoms with van der Waals surface area (Å²) in [5.74, 6) is 2.14. The zero-order chi connectivity index (χ0) is 20.5. The van der Waals surface area contributed by atoms with E-state index in [-0.39, 0.29) is 11.9 Å². The summed E-state index contributed by atoms with van der Waals surface area (Å²) in [6.07, 6.45) is 0. The normalized spacial score (nSPS) is 11.8. The van der Waals surface area contributed by atoms with Gasteiger partial charge in [0.25, 0.3) is 0 Å².